The quantitative estimate of drug-likeness (QED) is 0.0218. The number of amides is 13. The predicted molar refractivity (Wildman–Crippen MR) is 430 cm³/mol. The molecule has 40 nitrogen and oxygen atoms in total. The Hall–Kier alpha value is -8.84. The highest BCUT2D eigenvalue weighted by Crippen LogP contribution is 2.26. The Balaban J connectivity index is 1.91. The number of ether oxygens (including phenoxy) is 1. The van der Waals surface area contributed by atoms with E-state index >= 15 is 4.79 Å². The summed E-state index contributed by atoms with van der Waals surface area (Å²) in [6.07, 6.45) is -4.61. The maximum atomic E-state index is 15.1. The Kier molecular flexibility index (Phi) is 45.0. The van der Waals surface area contributed by atoms with Gasteiger partial charge in [0.15, 0.2) is 6.10 Å². The monoisotopic (exact) mass is 1670 g/mol. The van der Waals surface area contributed by atoms with Crippen LogP contribution in [0.1, 0.15) is 182 Å². The average Bonchev–Trinajstić information content (AvgIpc) is 1.62. The molecule has 0 saturated carbocycles. The molecule has 26 N–H and O–H groups in total. The smallest absolute Gasteiger partial charge is 0.329 e. The molecule has 13 amide bonds. The summed E-state index contributed by atoms with van der Waals surface area (Å²) in [5, 5.41) is 99.1. The number of carbonyl (C=O) groups is 14. The second kappa shape index (κ2) is 52.3. The van der Waals surface area contributed by atoms with Gasteiger partial charge in [-0.2, -0.15) is 0 Å². The number of phenols is 1. The van der Waals surface area contributed by atoms with Crippen molar-refractivity contribution in [3.8, 4) is 5.75 Å². The number of rotatable bonds is 37. The second-order valence-electron chi connectivity index (χ2n) is 31.3. The summed E-state index contributed by atoms with van der Waals surface area (Å²) in [6.45, 7) is 8.98. The van der Waals surface area contributed by atoms with Gasteiger partial charge in [-0.15, -0.1) is 0 Å². The molecule has 3 fully saturated rings. The van der Waals surface area contributed by atoms with E-state index in [-0.39, 0.29) is 89.5 Å². The fraction of sp³-hybridized carbons (Fsp3) is 0.744. The lowest BCUT2D eigenvalue weighted by Gasteiger charge is -2.35. The number of aromatic hydroxyl groups is 1. The minimum atomic E-state index is -2.24. The van der Waals surface area contributed by atoms with Gasteiger partial charge in [0, 0.05) is 65.2 Å². The number of esters is 1. The van der Waals surface area contributed by atoms with Crippen LogP contribution in [0.3, 0.4) is 0 Å². The summed E-state index contributed by atoms with van der Waals surface area (Å²) in [4.78, 5) is 207. The van der Waals surface area contributed by atoms with E-state index in [1.54, 1.807) is 0 Å². The Bertz CT molecular complexity index is 3410. The predicted octanol–water partition coefficient (Wildman–Crippen LogP) is -6.18. The van der Waals surface area contributed by atoms with E-state index in [2.05, 4.69) is 54.8 Å². The first-order valence-electron chi connectivity index (χ1n) is 41.4. The number of nitrogens with two attached hydrogens (primary N) is 5. The van der Waals surface area contributed by atoms with Crippen LogP contribution in [0.5, 0.6) is 5.75 Å². The number of nitrogens with one attached hydrogen (secondary N) is 9. The number of benzene rings is 1. The first-order valence-corrected chi connectivity index (χ1v) is 41.4. The molecule has 40 heteroatoms. The molecule has 1 aromatic carbocycles. The van der Waals surface area contributed by atoms with Crippen molar-refractivity contribution in [1.29, 1.82) is 0 Å². The van der Waals surface area contributed by atoms with Crippen molar-refractivity contribution < 1.29 is 108 Å². The molecule has 3 heterocycles. The van der Waals surface area contributed by atoms with Crippen molar-refractivity contribution in [2.75, 3.05) is 72.0 Å². The van der Waals surface area contributed by atoms with Gasteiger partial charge in [0.2, 0.25) is 70.9 Å². The molecule has 18 atom stereocenters. The maximum absolute atomic E-state index is 15.1. The van der Waals surface area contributed by atoms with Crippen molar-refractivity contribution in [1.82, 2.24) is 67.5 Å². The number of cyclic esters (lactones) is 1. The van der Waals surface area contributed by atoms with Gasteiger partial charge in [-0.25, -0.2) is 4.79 Å². The molecule has 0 aliphatic carbocycles. The number of phenolic OH excluding ortho intramolecular Hbond substituents is 1. The van der Waals surface area contributed by atoms with Gasteiger partial charge < -0.3 is 132 Å². The summed E-state index contributed by atoms with van der Waals surface area (Å²) in [7, 11) is 0. The number of primary amides is 1. The number of fused-ring (bicyclic) bond motifs is 2. The molecule has 0 aromatic heterocycles. The lowest BCUT2D eigenvalue weighted by molar-refractivity contribution is -0.160. The van der Waals surface area contributed by atoms with Gasteiger partial charge in [0.1, 0.15) is 66.2 Å². The Morgan fingerprint density at radius 1 is 0.551 bits per heavy atom. The van der Waals surface area contributed by atoms with Crippen molar-refractivity contribution >= 4 is 82.8 Å². The van der Waals surface area contributed by atoms with Gasteiger partial charge in [-0.3, -0.25) is 67.2 Å². The minimum absolute atomic E-state index is 0.0922. The van der Waals surface area contributed by atoms with E-state index in [1.807, 2.05) is 4.90 Å². The Morgan fingerprint density at radius 3 is 1.65 bits per heavy atom. The molecular formula is C78H134N18O22. The van der Waals surface area contributed by atoms with E-state index in [4.69, 9.17) is 33.4 Å². The number of nitrogens with zero attached hydrogens (tertiary/aromatic N) is 4. The van der Waals surface area contributed by atoms with E-state index in [0.29, 0.717) is 50.8 Å². The molecule has 4 rings (SSSR count). The molecule has 0 radical (unpaired) electrons. The van der Waals surface area contributed by atoms with Crippen LogP contribution in [0.4, 0.5) is 0 Å². The zero-order chi connectivity index (χ0) is 88.0. The first-order chi connectivity index (χ1) is 55.9. The minimum Gasteiger partial charge on any atom is -0.508 e. The summed E-state index contributed by atoms with van der Waals surface area (Å²) in [5.41, 5.74) is 29.7. The molecule has 0 spiro atoms. The molecule has 118 heavy (non-hydrogen) atoms. The number of hydrogen-bond donors (Lipinski definition) is 21. The molecule has 3 aliphatic rings. The van der Waals surface area contributed by atoms with Crippen molar-refractivity contribution in [2.45, 2.75) is 292 Å². The van der Waals surface area contributed by atoms with Gasteiger partial charge in [-0.05, 0) is 116 Å². The van der Waals surface area contributed by atoms with Crippen LogP contribution in [-0.2, 0) is 78.3 Å². The lowest BCUT2D eigenvalue weighted by atomic mass is 9.99. The van der Waals surface area contributed by atoms with E-state index in [9.17, 15) is 98.1 Å². The molecule has 668 valence electrons. The third kappa shape index (κ3) is 32.7. The van der Waals surface area contributed by atoms with Crippen molar-refractivity contribution in [2.24, 2.45) is 34.6 Å². The highest BCUT2D eigenvalue weighted by Gasteiger charge is 2.49. The number of hydrogen-bond acceptors (Lipinski definition) is 27. The molecule has 1 aromatic rings. The second-order valence-corrected chi connectivity index (χ2v) is 31.3. The molecule has 3 aliphatic heterocycles. The zero-order valence-corrected chi connectivity index (χ0v) is 69.3. The SMILES string of the molecule is CCCCCCCCCCCCC[C@H]1OC(=O)[C@H](CCCN(CCCN)C(=O)[C@@H](CCCN)N(CCN)CCN)NC(=O)[C@@H]([C@@H](C)O)NC(=O)CNC(=O)[C@H]([C@H](O)CC(N)=O)NC(=O)[C@H]2[C@@H](O)CCN2C(=O)[C@H]([C@@H](C)O)NC(=O)[C@@H]2C[C@@H](O)CN2C(=O)[C@H](C(C)C)NC(=O)[C@H](Cc2ccc(O)cc2)NC(=O)[C@@H](C)NC(=O)[C@H]([C@@H](C)O)NC1=O. The van der Waals surface area contributed by atoms with Crippen molar-refractivity contribution in [3.05, 3.63) is 29.8 Å². The van der Waals surface area contributed by atoms with Crippen LogP contribution in [0.2, 0.25) is 0 Å². The Morgan fingerprint density at radius 2 is 1.08 bits per heavy atom. The molecule has 0 bridgehead atoms. The zero-order valence-electron chi connectivity index (χ0n) is 69.3. The number of aliphatic hydroxyl groups is 6. The molecular weight excluding hydrogens is 1540 g/mol. The summed E-state index contributed by atoms with van der Waals surface area (Å²) >= 11 is 0. The van der Waals surface area contributed by atoms with E-state index < -0.39 is 224 Å². The van der Waals surface area contributed by atoms with Crippen molar-refractivity contribution in [3.63, 3.8) is 0 Å². The largest absolute Gasteiger partial charge is 0.508 e. The van der Waals surface area contributed by atoms with Crippen LogP contribution >= 0.6 is 0 Å². The molecule has 3 saturated heterocycles. The first kappa shape index (κ1) is 102. The van der Waals surface area contributed by atoms with Gasteiger partial charge >= 0.3 is 5.97 Å². The number of carbonyl (C=O) groups excluding carboxylic acids is 14. The molecule has 0 unspecified atom stereocenters. The topological polar surface area (TPSA) is 641 Å². The normalized spacial score (nSPS) is 25.8. The third-order valence-electron chi connectivity index (χ3n) is 21.1. The van der Waals surface area contributed by atoms with Gasteiger partial charge in [0.05, 0.1) is 55.6 Å². The Labute approximate surface area is 689 Å². The van der Waals surface area contributed by atoms with Crippen LogP contribution in [-0.4, -0.2) is 319 Å². The summed E-state index contributed by atoms with van der Waals surface area (Å²) in [5.74, 6) is -16.7. The van der Waals surface area contributed by atoms with Crippen LogP contribution in [0.25, 0.3) is 0 Å². The highest BCUT2D eigenvalue weighted by atomic mass is 16.6. The van der Waals surface area contributed by atoms with Crippen LogP contribution in [0, 0.1) is 5.92 Å². The summed E-state index contributed by atoms with van der Waals surface area (Å²) < 4.78 is 6.06. The maximum Gasteiger partial charge on any atom is 0.329 e. The highest BCUT2D eigenvalue weighted by molar-refractivity contribution is 6.00. The number of aliphatic hydroxyl groups excluding tert-OH is 6. The van der Waals surface area contributed by atoms with E-state index in [0.717, 1.165) is 81.9 Å². The standard InChI is InChI=1S/C78H134N18O22/c1-8-9-10-11-12-13-14-15-16-17-18-24-58-70(109)90-63(47(6)98)72(111)85-45(4)67(106)87-53(39-49-25-27-50(100)28-26-49)68(107)89-61(44(2)3)76(115)96-43-51(101)40-55(96)69(108)91-64(48(7)99)77(116)95-36-29-56(102)66(95)74(113)92-65(57(103)41-59(83)104)71(110)84-42-60(105)88-62(46(5)97)73(112)86-52(78(117)118-58)22-20-34-94(35-21-31-80)75(114)54(23-19-30-79)93(37-32-81)38-33-82/h25-28,44-48,51-58,61-66,97-103H,8-24,29-43,79-82H2,1-7H3,(H2,83,104)(H,84,110)(H,85,111)(H,86,112)(H,87,106)(H,88,105)(H,89,107)(H,90,109)(H,91,108)(H,92,113)/t45-,46-,47-,48-,51-,52+,53+,54-,55+,56+,57-,58-,61+,62-,63+,64+,65+,66-/m1/s1. The fourth-order valence-corrected chi connectivity index (χ4v) is 14.4. The summed E-state index contributed by atoms with van der Waals surface area (Å²) in [6, 6.07) is -13.6. The van der Waals surface area contributed by atoms with E-state index in [1.165, 1.54) is 49.9 Å². The third-order valence-corrected chi connectivity index (χ3v) is 21.1. The lowest BCUT2D eigenvalue weighted by Crippen LogP contribution is -2.63. The van der Waals surface area contributed by atoms with Gasteiger partial charge in [0.25, 0.3) is 5.91 Å². The number of unbranched alkanes of at least 4 members (excludes halogenated alkanes) is 10. The van der Waals surface area contributed by atoms with Gasteiger partial charge in [-0.1, -0.05) is 97.1 Å². The average molecular weight is 1680 g/mol. The van der Waals surface area contributed by atoms with Crippen LogP contribution in [0.15, 0.2) is 24.3 Å². The van der Waals surface area contributed by atoms with Crippen LogP contribution < -0.4 is 76.5 Å². The fourth-order valence-electron chi connectivity index (χ4n) is 14.4.